The Labute approximate surface area is 418 Å². The van der Waals surface area contributed by atoms with E-state index in [1.807, 2.05) is 0 Å². The maximum Gasteiger partial charge on any atom is 0.258 e. The number of methoxy groups -OCH3 is 1. The van der Waals surface area contributed by atoms with E-state index in [-0.39, 0.29) is 90.5 Å². The molecule has 2 atom stereocenters. The molecule has 0 radical (unpaired) electrons. The van der Waals surface area contributed by atoms with E-state index in [1.165, 1.54) is 26.7 Å². The van der Waals surface area contributed by atoms with Gasteiger partial charge in [0.25, 0.3) is 31.9 Å². The van der Waals surface area contributed by atoms with Gasteiger partial charge in [-0.3, -0.25) is 38.6 Å². The lowest BCUT2D eigenvalue weighted by Crippen LogP contribution is -2.50. The van der Waals surface area contributed by atoms with Crippen LogP contribution in [0.15, 0.2) is 24.3 Å². The summed E-state index contributed by atoms with van der Waals surface area (Å²) in [5.41, 5.74) is 1.87. The predicted molar refractivity (Wildman–Crippen MR) is 278 cm³/mol. The molecule has 2 saturated heterocycles. The van der Waals surface area contributed by atoms with Crippen LogP contribution in [0.1, 0.15) is 94.4 Å². The summed E-state index contributed by atoms with van der Waals surface area (Å²) in [7, 11) is -3.98. The number of carbonyl (C=O) groups excluding carboxylic acids is 6. The molecule has 0 aromatic heterocycles. The van der Waals surface area contributed by atoms with E-state index in [1.54, 1.807) is 24.3 Å². The van der Waals surface area contributed by atoms with Crippen LogP contribution in [0.2, 0.25) is 68.0 Å². The minimum atomic E-state index is -2.59. The maximum absolute atomic E-state index is 14.4. The van der Waals surface area contributed by atoms with Crippen molar-refractivity contribution in [1.82, 2.24) is 9.80 Å². The van der Waals surface area contributed by atoms with Crippen molar-refractivity contribution in [3.8, 4) is 23.0 Å². The van der Waals surface area contributed by atoms with Gasteiger partial charge < -0.3 is 37.9 Å². The number of ketones is 2. The van der Waals surface area contributed by atoms with Crippen LogP contribution >= 0.6 is 0 Å². The number of nitrogens with zero attached hydrogens (tertiary/aromatic N) is 4. The predicted octanol–water partition coefficient (Wildman–Crippen LogP) is 8.76. The van der Waals surface area contributed by atoms with Crippen LogP contribution in [-0.2, 0) is 28.7 Å². The first-order chi connectivity index (χ1) is 32.9. The Kier molecular flexibility index (Phi) is 17.6. The van der Waals surface area contributed by atoms with E-state index in [0.29, 0.717) is 80.1 Å². The Balaban J connectivity index is 1.21. The van der Waals surface area contributed by atoms with Gasteiger partial charge in [-0.15, -0.1) is 0 Å². The third kappa shape index (κ3) is 12.2. The van der Waals surface area contributed by atoms with Crippen molar-refractivity contribution in [2.24, 2.45) is 0 Å². The van der Waals surface area contributed by atoms with Crippen molar-refractivity contribution in [1.29, 1.82) is 0 Å². The molecule has 0 aliphatic carbocycles. The minimum Gasteiger partial charge on any atom is -0.540 e. The molecule has 4 heterocycles. The van der Waals surface area contributed by atoms with Crippen LogP contribution in [0.25, 0.3) is 0 Å². The summed E-state index contributed by atoms with van der Waals surface area (Å²) in [5, 5.41) is 0. The maximum atomic E-state index is 14.4. The van der Waals surface area contributed by atoms with Crippen LogP contribution in [-0.4, -0.2) is 142 Å². The molecule has 0 spiro atoms. The smallest absolute Gasteiger partial charge is 0.258 e. The van der Waals surface area contributed by atoms with Gasteiger partial charge in [0.15, 0.2) is 28.8 Å². The van der Waals surface area contributed by atoms with E-state index >= 15 is 0 Å². The van der Waals surface area contributed by atoms with Crippen LogP contribution in [0.4, 0.5) is 11.4 Å². The van der Waals surface area contributed by atoms with Crippen molar-refractivity contribution in [3.05, 3.63) is 35.4 Å². The molecular weight excluding hydrogens is 945 g/mol. The Hall–Kier alpha value is -4.57. The van der Waals surface area contributed by atoms with Gasteiger partial charge in [0.1, 0.15) is 31.3 Å². The first-order valence-electron chi connectivity index (χ1n) is 25.2. The van der Waals surface area contributed by atoms with Crippen molar-refractivity contribution in [2.45, 2.75) is 154 Å². The molecule has 4 amide bonds. The van der Waals surface area contributed by atoms with Crippen LogP contribution < -0.4 is 28.4 Å². The molecule has 0 saturated carbocycles. The molecule has 0 N–H and O–H groups in total. The van der Waals surface area contributed by atoms with E-state index in [9.17, 15) is 28.8 Å². The summed E-state index contributed by atoms with van der Waals surface area (Å²) in [5.74, 6) is -0.309. The molecule has 0 unspecified atom stereocenters. The van der Waals surface area contributed by atoms with Gasteiger partial charge in [0.05, 0.1) is 55.9 Å². The number of hydrogen-bond donors (Lipinski definition) is 0. The van der Waals surface area contributed by atoms with Crippen molar-refractivity contribution in [2.75, 3.05) is 69.9 Å². The zero-order chi connectivity index (χ0) is 51.5. The van der Waals surface area contributed by atoms with Gasteiger partial charge in [-0.2, -0.15) is 0 Å². The molecule has 386 valence electrons. The minimum absolute atomic E-state index is 0.0423. The summed E-state index contributed by atoms with van der Waals surface area (Å²) in [4.78, 5) is 87.6. The van der Waals surface area contributed by atoms with E-state index in [4.69, 9.17) is 28.1 Å². The number of amides is 4. The summed E-state index contributed by atoms with van der Waals surface area (Å²) in [6.07, 6.45) is 1.87. The Bertz CT molecular complexity index is 2270. The van der Waals surface area contributed by atoms with E-state index in [0.717, 1.165) is 12.1 Å². The molecular formula is C51H78N4O12Si3. The van der Waals surface area contributed by atoms with Crippen LogP contribution in [0.5, 0.6) is 23.0 Å². The number of fused-ring (bicyclic) bond motifs is 4. The lowest BCUT2D eigenvalue weighted by molar-refractivity contribution is -0.124. The molecule has 6 rings (SSSR count). The largest absolute Gasteiger partial charge is 0.540 e. The van der Waals surface area contributed by atoms with Crippen LogP contribution in [0.3, 0.4) is 0 Å². The Morgan fingerprint density at radius 1 is 0.543 bits per heavy atom. The molecule has 0 bridgehead atoms. The zero-order valence-corrected chi connectivity index (χ0v) is 47.0. The van der Waals surface area contributed by atoms with Crippen molar-refractivity contribution < 1.29 is 56.9 Å². The fraction of sp³-hybridized carbons (Fsp3) is 0.647. The van der Waals surface area contributed by atoms with Crippen molar-refractivity contribution in [3.63, 3.8) is 0 Å². The third-order valence-corrected chi connectivity index (χ3v) is 23.4. The second-order valence-corrected chi connectivity index (χ2v) is 39.2. The highest BCUT2D eigenvalue weighted by atomic mass is 28.4. The van der Waals surface area contributed by atoms with Gasteiger partial charge >= 0.3 is 0 Å². The average Bonchev–Trinajstić information content (AvgIpc) is 3.84. The molecule has 16 nitrogen and oxygen atoms in total. The molecule has 4 aliphatic heterocycles. The number of carbonyl (C=O) groups is 6. The van der Waals surface area contributed by atoms with Gasteiger partial charge in [0.2, 0.25) is 0 Å². The average molecular weight is 1020 g/mol. The highest BCUT2D eigenvalue weighted by molar-refractivity contribution is 6.78. The molecule has 4 aliphatic rings. The first-order valence-corrected chi connectivity index (χ1v) is 34.7. The van der Waals surface area contributed by atoms with Gasteiger partial charge in [-0.25, -0.2) is 0 Å². The lowest BCUT2D eigenvalue weighted by Gasteiger charge is -2.42. The van der Waals surface area contributed by atoms with Gasteiger partial charge in [0, 0.05) is 54.3 Å². The Morgan fingerprint density at radius 2 is 0.943 bits per heavy atom. The standard InChI is InChI=1S/C51H78N4O12Si3/c1-33(2)70(34(3)4,35(5)6)67-47-26-39-41(55(32-64-20-22-69(11,12)13)51(61)43-24-37(57)30-53(43)49(39)59)28-46(47)66-18-16-14-15-17-65-45-27-40-38(25-44(45)62-7)48(58)52-29-36(56)23-42(52)50(60)54(40)31-63-19-21-68(8,9)10/h25-28,33-35,42-43H,14-24,29-32H2,1-13H3/t42-,43-/m0/s1. The molecule has 70 heavy (non-hydrogen) atoms. The monoisotopic (exact) mass is 1020 g/mol. The number of anilines is 2. The Morgan fingerprint density at radius 3 is 1.33 bits per heavy atom. The molecule has 2 aromatic carbocycles. The summed E-state index contributed by atoms with van der Waals surface area (Å²) in [6, 6.07) is 6.68. The zero-order valence-electron chi connectivity index (χ0n) is 44.0. The quantitative estimate of drug-likeness (QED) is 0.0725. The SMILES string of the molecule is COc1cc2c(cc1OCCCCCOc1cc3c(cc1O[Si](C(C)C)(C(C)C)C(C)C)C(=O)N1CC(=O)C[C@H]1C(=O)N3COCC[Si](C)(C)C)N(COCC[Si](C)(C)C)C(=O)[C@@H]1CC(=O)CN1C2=O. The number of rotatable bonds is 24. The number of hydrogen-bond acceptors (Lipinski definition) is 12. The van der Waals surface area contributed by atoms with Gasteiger partial charge in [-0.1, -0.05) is 80.8 Å². The second kappa shape index (κ2) is 22.5. The molecule has 2 aromatic rings. The fourth-order valence-electron chi connectivity index (χ4n) is 10.1. The van der Waals surface area contributed by atoms with Crippen molar-refractivity contribution >= 4 is 71.0 Å². The normalized spacial score (nSPS) is 18.7. The van der Waals surface area contributed by atoms with E-state index in [2.05, 4.69) is 80.8 Å². The van der Waals surface area contributed by atoms with Gasteiger partial charge in [-0.05, 0) is 60.1 Å². The fourth-order valence-corrected chi connectivity index (χ4v) is 16.9. The third-order valence-electron chi connectivity index (χ3n) is 14.0. The summed E-state index contributed by atoms with van der Waals surface area (Å²) >= 11 is 0. The lowest BCUT2D eigenvalue weighted by atomic mass is 10.1. The topological polar surface area (TPSA) is 171 Å². The highest BCUT2D eigenvalue weighted by Crippen LogP contribution is 2.47. The number of unbranched alkanes of at least 4 members (excludes halogenated alkanes) is 2. The molecule has 2 fully saturated rings. The highest BCUT2D eigenvalue weighted by Gasteiger charge is 2.50. The van der Waals surface area contributed by atoms with E-state index < -0.39 is 48.4 Å². The van der Waals surface area contributed by atoms with Crippen LogP contribution in [0, 0.1) is 0 Å². The summed E-state index contributed by atoms with van der Waals surface area (Å²) < 4.78 is 38.1. The number of ether oxygens (including phenoxy) is 5. The molecule has 19 heteroatoms. The number of Topliss-reactive ketones (excluding diaryl/α,β-unsaturated/α-hetero) is 2. The second-order valence-electron chi connectivity index (χ2n) is 22.6. The number of benzene rings is 2. The first kappa shape index (κ1) is 54.8. The summed E-state index contributed by atoms with van der Waals surface area (Å²) in [6.45, 7) is 27.8.